The zero-order chi connectivity index (χ0) is 40.5. The summed E-state index contributed by atoms with van der Waals surface area (Å²) in [5, 5.41) is 15.2. The second kappa shape index (κ2) is 21.2. The maximum atomic E-state index is 13.3. The van der Waals surface area contributed by atoms with E-state index in [1.54, 1.807) is 90.9 Å². The summed E-state index contributed by atoms with van der Waals surface area (Å²) in [7, 11) is -4.04. The van der Waals surface area contributed by atoms with Crippen LogP contribution in [0.25, 0.3) is 0 Å². The topological polar surface area (TPSA) is 204 Å². The molecule has 298 valence electrons. The lowest BCUT2D eigenvalue weighted by molar-refractivity contribution is -0.705. The average Bonchev–Trinajstić information content (AvgIpc) is 3.24. The fourth-order valence-electron chi connectivity index (χ4n) is 5.57. The van der Waals surface area contributed by atoms with E-state index in [-0.39, 0.29) is 28.8 Å². The molecule has 5 rings (SSSR count). The van der Waals surface area contributed by atoms with E-state index in [1.807, 2.05) is 12.1 Å². The van der Waals surface area contributed by atoms with Gasteiger partial charge in [-0.2, -0.15) is 4.57 Å². The number of amides is 3. The maximum Gasteiger partial charge on any atom is 0.293 e. The molecule has 0 radical (unpaired) electrons. The lowest BCUT2D eigenvalue weighted by atomic mass is 10.1. The molecule has 3 amide bonds. The Hall–Kier alpha value is -6.20. The van der Waals surface area contributed by atoms with Gasteiger partial charge in [0.2, 0.25) is 6.04 Å². The molecular formula is C41H47N8O7S+. The van der Waals surface area contributed by atoms with E-state index in [0.29, 0.717) is 35.5 Å². The summed E-state index contributed by atoms with van der Waals surface area (Å²) in [5.74, 6) is -1.10. The molecule has 16 heteroatoms. The number of hydrogen-bond donors (Lipinski definition) is 7. The number of sulfonamides is 1. The number of aliphatic hydroxyl groups is 1. The molecule has 3 aromatic carbocycles. The van der Waals surface area contributed by atoms with Gasteiger partial charge in [0.15, 0.2) is 12.4 Å². The van der Waals surface area contributed by atoms with E-state index < -0.39 is 27.9 Å². The molecule has 0 fully saturated rings. The number of unbranched alkanes of at least 4 members (excludes halogenated alkanes) is 3. The minimum Gasteiger partial charge on any atom is -0.392 e. The van der Waals surface area contributed by atoms with Crippen molar-refractivity contribution in [1.82, 2.24) is 21.2 Å². The van der Waals surface area contributed by atoms with Crippen molar-refractivity contribution in [2.75, 3.05) is 28.6 Å². The molecule has 0 aliphatic heterocycles. The van der Waals surface area contributed by atoms with Gasteiger partial charge >= 0.3 is 0 Å². The highest BCUT2D eigenvalue weighted by Gasteiger charge is 2.24. The van der Waals surface area contributed by atoms with Gasteiger partial charge in [0.25, 0.3) is 27.7 Å². The van der Waals surface area contributed by atoms with Gasteiger partial charge in [0.05, 0.1) is 23.8 Å². The fourth-order valence-corrected chi connectivity index (χ4v) is 6.68. The Labute approximate surface area is 331 Å². The zero-order valence-electron chi connectivity index (χ0n) is 31.5. The van der Waals surface area contributed by atoms with Gasteiger partial charge in [-0.25, -0.2) is 13.9 Å². The Morgan fingerprint density at radius 3 is 2.37 bits per heavy atom. The van der Waals surface area contributed by atoms with Crippen molar-refractivity contribution < 1.29 is 37.3 Å². The summed E-state index contributed by atoms with van der Waals surface area (Å²) < 4.78 is 30.7. The smallest absolute Gasteiger partial charge is 0.293 e. The predicted octanol–water partition coefficient (Wildman–Crippen LogP) is 4.63. The van der Waals surface area contributed by atoms with Gasteiger partial charge < -0.3 is 15.7 Å². The van der Waals surface area contributed by atoms with Crippen LogP contribution in [-0.4, -0.2) is 49.3 Å². The highest BCUT2D eigenvalue weighted by molar-refractivity contribution is 7.92. The highest BCUT2D eigenvalue weighted by atomic mass is 32.2. The summed E-state index contributed by atoms with van der Waals surface area (Å²) in [5.41, 5.74) is 11.5. The van der Waals surface area contributed by atoms with Crippen LogP contribution in [-0.2, 0) is 32.9 Å². The van der Waals surface area contributed by atoms with E-state index >= 15 is 0 Å². The first-order valence-electron chi connectivity index (χ1n) is 18.4. The number of carbonyl (C=O) groups excluding carboxylic acids is 3. The summed E-state index contributed by atoms with van der Waals surface area (Å²) in [6, 6.07) is 25.2. The molecule has 5 aromatic rings. The molecule has 7 N–H and O–H groups in total. The molecular weight excluding hydrogens is 749 g/mol. The van der Waals surface area contributed by atoms with Gasteiger partial charge in [-0.05, 0) is 84.6 Å². The highest BCUT2D eigenvalue weighted by Crippen LogP contribution is 2.21. The van der Waals surface area contributed by atoms with Gasteiger partial charge in [0.1, 0.15) is 5.56 Å². The first-order valence-corrected chi connectivity index (χ1v) is 19.9. The Bertz CT molecular complexity index is 2210. The number of carbonyl (C=O) groups is 3. The first kappa shape index (κ1) is 42.0. The molecule has 1 unspecified atom stereocenters. The summed E-state index contributed by atoms with van der Waals surface area (Å²) >= 11 is 0. The second-order valence-corrected chi connectivity index (χ2v) is 14.7. The molecule has 0 bridgehead atoms. The largest absolute Gasteiger partial charge is 0.392 e. The number of hydroxylamine groups is 1. The molecule has 0 aliphatic rings. The molecule has 15 nitrogen and oxygen atoms in total. The lowest BCUT2D eigenvalue weighted by Gasteiger charge is -2.13. The van der Waals surface area contributed by atoms with Crippen molar-refractivity contribution in [3.8, 4) is 0 Å². The van der Waals surface area contributed by atoms with Crippen LogP contribution in [0.3, 0.4) is 0 Å². The predicted molar refractivity (Wildman–Crippen MR) is 215 cm³/mol. The van der Waals surface area contributed by atoms with Crippen LogP contribution in [0.1, 0.15) is 70.5 Å². The SMILES string of the molecule is CC(C(=O)Nc1cccc(S(=O)(=O)Nc2ccc(NNC(=O)c3ccccc3CO)cc2)c1)[n+]1cccc(C(=O)NCCCCCCNOCc2cccnc2)c1. The van der Waals surface area contributed by atoms with Crippen molar-refractivity contribution in [2.45, 2.75) is 56.8 Å². The van der Waals surface area contributed by atoms with Crippen molar-refractivity contribution in [1.29, 1.82) is 0 Å². The van der Waals surface area contributed by atoms with Crippen molar-refractivity contribution in [3.63, 3.8) is 0 Å². The number of nitrogens with zero attached hydrogens (tertiary/aromatic N) is 2. The molecule has 2 aromatic heterocycles. The van der Waals surface area contributed by atoms with Gasteiger partial charge in [-0.15, -0.1) is 0 Å². The summed E-state index contributed by atoms with van der Waals surface area (Å²) in [4.78, 5) is 48.1. The van der Waals surface area contributed by atoms with Crippen LogP contribution in [0.15, 0.2) is 127 Å². The van der Waals surface area contributed by atoms with Gasteiger partial charge in [0, 0.05) is 55.4 Å². The molecule has 0 saturated carbocycles. The quantitative estimate of drug-likeness (QED) is 0.0312. The number of nitrogens with one attached hydrogen (secondary N) is 6. The van der Waals surface area contributed by atoms with Crippen LogP contribution in [0.4, 0.5) is 17.1 Å². The number of aliphatic hydroxyl groups excluding tert-OH is 1. The first-order chi connectivity index (χ1) is 27.6. The third-order valence-corrected chi connectivity index (χ3v) is 10.1. The van der Waals surface area contributed by atoms with Crippen LogP contribution in [0, 0.1) is 0 Å². The number of anilines is 3. The average molecular weight is 796 g/mol. The third-order valence-electron chi connectivity index (χ3n) is 8.77. The third kappa shape index (κ3) is 12.9. The summed E-state index contributed by atoms with van der Waals surface area (Å²) in [6.07, 6.45) is 10.5. The Balaban J connectivity index is 1.04. The van der Waals surface area contributed by atoms with E-state index in [0.717, 1.165) is 37.8 Å². The van der Waals surface area contributed by atoms with Crippen LogP contribution in [0.5, 0.6) is 0 Å². The minimum absolute atomic E-state index is 0.0706. The monoisotopic (exact) mass is 795 g/mol. The Kier molecular flexibility index (Phi) is 15.6. The molecule has 2 heterocycles. The van der Waals surface area contributed by atoms with Crippen molar-refractivity contribution in [3.05, 3.63) is 144 Å². The second-order valence-electron chi connectivity index (χ2n) is 13.0. The van der Waals surface area contributed by atoms with Gasteiger partial charge in [-0.1, -0.05) is 43.2 Å². The number of pyridine rings is 2. The lowest BCUT2D eigenvalue weighted by Crippen LogP contribution is -2.45. The minimum atomic E-state index is -4.04. The molecule has 57 heavy (non-hydrogen) atoms. The van der Waals surface area contributed by atoms with Crippen LogP contribution >= 0.6 is 0 Å². The molecule has 0 aliphatic carbocycles. The van der Waals surface area contributed by atoms with E-state index in [1.165, 1.54) is 30.3 Å². The normalized spacial score (nSPS) is 11.6. The van der Waals surface area contributed by atoms with Crippen LogP contribution in [0.2, 0.25) is 0 Å². The van der Waals surface area contributed by atoms with Crippen molar-refractivity contribution in [2.24, 2.45) is 0 Å². The van der Waals surface area contributed by atoms with E-state index in [2.05, 4.69) is 36.7 Å². The van der Waals surface area contributed by atoms with E-state index in [9.17, 15) is 27.9 Å². The summed E-state index contributed by atoms with van der Waals surface area (Å²) in [6.45, 7) is 3.10. The standard InChI is InChI=1S/C41H46N8O7S/c1-30(49-24-10-13-32(27-49)40(52)43-22-6-2-3-7-23-44-56-29-31-11-9-21-42-26-31)39(51)45-36-14-8-15-37(25-36)57(54,55)48-35-19-17-34(18-20-35)46-47-41(53)38-16-5-4-12-33(38)28-50/h4-5,8-21,24-27,30,44,46,48,50H,2-3,6-7,22-23,28-29H2,1H3,(H2-,43,45,47,51,52,53)/p+1. The van der Waals surface area contributed by atoms with E-state index in [4.69, 9.17) is 4.84 Å². The van der Waals surface area contributed by atoms with Crippen molar-refractivity contribution >= 4 is 44.8 Å². The number of hydrogen-bond acceptors (Lipinski definition) is 10. The number of rotatable bonds is 21. The zero-order valence-corrected chi connectivity index (χ0v) is 32.3. The van der Waals surface area contributed by atoms with Gasteiger partial charge in [-0.3, -0.25) is 39.8 Å². The Morgan fingerprint density at radius 1 is 0.825 bits per heavy atom. The fraction of sp³-hybridized carbons (Fsp3) is 0.244. The molecule has 1 atom stereocenters. The molecule has 0 spiro atoms. The number of hydrazine groups is 1. The maximum absolute atomic E-state index is 13.3. The molecule has 0 saturated heterocycles. The Morgan fingerprint density at radius 2 is 1.60 bits per heavy atom. The van der Waals surface area contributed by atoms with Crippen LogP contribution < -0.4 is 36.3 Å². The number of aromatic nitrogens is 2. The number of benzene rings is 3.